The number of esters is 1. The molecule has 2 atom stereocenters. The number of likely N-dealkylation sites (tertiary alicyclic amines) is 1. The number of hydrogen-bond donors (Lipinski definition) is 2. The number of benzene rings is 1. The molecule has 1 fully saturated rings. The van der Waals surface area contributed by atoms with E-state index in [1.165, 1.54) is 34.4 Å². The topological polar surface area (TPSA) is 104 Å². The third kappa shape index (κ3) is 6.62. The van der Waals surface area contributed by atoms with E-state index in [0.29, 0.717) is 26.6 Å². The number of thiazole rings is 1. The molecule has 2 aliphatic heterocycles. The Balaban J connectivity index is 1.81. The lowest BCUT2D eigenvalue weighted by molar-refractivity contribution is -0.139. The Morgan fingerprint density at radius 1 is 1.37 bits per heavy atom. The highest BCUT2D eigenvalue weighted by atomic mass is 79.9. The molecule has 0 spiro atoms. The maximum atomic E-state index is 14.5. The molecule has 0 aliphatic carbocycles. The van der Waals surface area contributed by atoms with Crippen LogP contribution in [0.1, 0.15) is 49.2 Å². The molecule has 0 radical (unpaired) electrons. The smallest absolute Gasteiger partial charge is 0.338 e. The SMILES string of the molecule is CCOC(=O)C1=C(CN2CC(F)(F)CC[C@@H]2CCC(=O)O)NC(c2nccs2)=N[C@H]1c1ccc(F)cc1Br. The van der Waals surface area contributed by atoms with Gasteiger partial charge in [-0.3, -0.25) is 14.7 Å². The van der Waals surface area contributed by atoms with Gasteiger partial charge in [0.05, 0.1) is 18.7 Å². The van der Waals surface area contributed by atoms with E-state index in [1.807, 2.05) is 0 Å². The van der Waals surface area contributed by atoms with Gasteiger partial charge in [-0.05, 0) is 37.5 Å². The van der Waals surface area contributed by atoms with Crippen LogP contribution in [0.4, 0.5) is 13.2 Å². The molecule has 0 saturated carbocycles. The molecule has 1 aromatic carbocycles. The van der Waals surface area contributed by atoms with Gasteiger partial charge in [0, 0.05) is 47.2 Å². The van der Waals surface area contributed by atoms with Crippen molar-refractivity contribution in [1.29, 1.82) is 0 Å². The van der Waals surface area contributed by atoms with Crippen LogP contribution in [0.3, 0.4) is 0 Å². The largest absolute Gasteiger partial charge is 0.481 e. The highest BCUT2D eigenvalue weighted by Gasteiger charge is 2.42. The number of carboxylic acid groups (broad SMARTS) is 1. The summed E-state index contributed by atoms with van der Waals surface area (Å²) in [6.45, 7) is 1.02. The van der Waals surface area contributed by atoms with Crippen molar-refractivity contribution in [2.75, 3.05) is 19.7 Å². The quantitative estimate of drug-likeness (QED) is 0.386. The number of aliphatic imine (C=N–C) groups is 1. The van der Waals surface area contributed by atoms with Crippen LogP contribution in [0.2, 0.25) is 0 Å². The van der Waals surface area contributed by atoms with Crippen molar-refractivity contribution < 1.29 is 32.6 Å². The van der Waals surface area contributed by atoms with Gasteiger partial charge in [0.1, 0.15) is 11.9 Å². The number of piperidine rings is 1. The molecule has 2 aromatic rings. The lowest BCUT2D eigenvalue weighted by atomic mass is 9.92. The van der Waals surface area contributed by atoms with E-state index < -0.39 is 42.3 Å². The fourth-order valence-corrected chi connectivity index (χ4v) is 5.79. The molecule has 38 heavy (non-hydrogen) atoms. The molecule has 1 saturated heterocycles. The number of carbonyl (C=O) groups is 2. The summed E-state index contributed by atoms with van der Waals surface area (Å²) in [5.74, 6) is -4.83. The fourth-order valence-electron chi connectivity index (χ4n) is 4.64. The second kappa shape index (κ2) is 12.0. The number of aliphatic carboxylic acids is 1. The molecule has 0 bridgehead atoms. The minimum absolute atomic E-state index is 0.0684. The van der Waals surface area contributed by atoms with Crippen molar-refractivity contribution in [2.45, 2.75) is 50.6 Å². The first-order valence-corrected chi connectivity index (χ1v) is 13.7. The van der Waals surface area contributed by atoms with Crippen LogP contribution < -0.4 is 5.32 Å². The van der Waals surface area contributed by atoms with Gasteiger partial charge >= 0.3 is 11.9 Å². The fraction of sp³-hybridized carbons (Fsp3) is 0.440. The van der Waals surface area contributed by atoms with Gasteiger partial charge in [0.2, 0.25) is 0 Å². The molecule has 8 nitrogen and oxygen atoms in total. The van der Waals surface area contributed by atoms with Crippen molar-refractivity contribution in [1.82, 2.24) is 15.2 Å². The molecule has 2 N–H and O–H groups in total. The van der Waals surface area contributed by atoms with Gasteiger partial charge in [0.25, 0.3) is 5.92 Å². The van der Waals surface area contributed by atoms with Crippen LogP contribution >= 0.6 is 27.3 Å². The molecule has 2 aliphatic rings. The predicted molar refractivity (Wildman–Crippen MR) is 139 cm³/mol. The van der Waals surface area contributed by atoms with Gasteiger partial charge in [0.15, 0.2) is 10.8 Å². The first-order chi connectivity index (χ1) is 18.1. The van der Waals surface area contributed by atoms with E-state index in [0.717, 1.165) is 0 Å². The van der Waals surface area contributed by atoms with E-state index in [2.05, 4.69) is 26.2 Å². The molecule has 13 heteroatoms. The normalized spacial score (nSPS) is 21.6. The zero-order valence-electron chi connectivity index (χ0n) is 20.4. The number of nitrogens with one attached hydrogen (secondary N) is 1. The molecular weight excluding hydrogens is 589 g/mol. The first kappa shape index (κ1) is 28.2. The zero-order valence-corrected chi connectivity index (χ0v) is 22.8. The predicted octanol–water partition coefficient (Wildman–Crippen LogP) is 4.92. The number of carbonyl (C=O) groups excluding carboxylic acids is 1. The highest BCUT2D eigenvalue weighted by Crippen LogP contribution is 2.38. The molecule has 204 valence electrons. The van der Waals surface area contributed by atoms with E-state index in [4.69, 9.17) is 9.73 Å². The van der Waals surface area contributed by atoms with Gasteiger partial charge in [-0.25, -0.2) is 22.9 Å². The summed E-state index contributed by atoms with van der Waals surface area (Å²) < 4.78 is 48.7. The summed E-state index contributed by atoms with van der Waals surface area (Å²) in [7, 11) is 0. The Morgan fingerprint density at radius 2 is 2.16 bits per heavy atom. The first-order valence-electron chi connectivity index (χ1n) is 12.0. The number of hydrogen-bond acceptors (Lipinski definition) is 8. The number of rotatable bonds is 9. The van der Waals surface area contributed by atoms with Crippen molar-refractivity contribution in [3.63, 3.8) is 0 Å². The average Bonchev–Trinajstić information content (AvgIpc) is 3.38. The lowest BCUT2D eigenvalue weighted by Gasteiger charge is -2.41. The third-order valence-electron chi connectivity index (χ3n) is 6.36. The van der Waals surface area contributed by atoms with Crippen LogP contribution in [0.15, 0.2) is 50.5 Å². The van der Waals surface area contributed by atoms with Crippen molar-refractivity contribution in [3.8, 4) is 0 Å². The van der Waals surface area contributed by atoms with Crippen molar-refractivity contribution >= 4 is 45.0 Å². The summed E-state index contributed by atoms with van der Waals surface area (Å²) in [6, 6.07) is 2.63. The summed E-state index contributed by atoms with van der Waals surface area (Å²) in [5, 5.41) is 14.6. The molecule has 3 heterocycles. The molecule has 0 unspecified atom stereocenters. The van der Waals surface area contributed by atoms with E-state index in [9.17, 15) is 27.9 Å². The summed E-state index contributed by atoms with van der Waals surface area (Å²) in [6.07, 6.45) is 1.38. The Hall–Kier alpha value is -2.77. The van der Waals surface area contributed by atoms with Crippen molar-refractivity contribution in [2.24, 2.45) is 4.99 Å². The summed E-state index contributed by atoms with van der Waals surface area (Å²) in [4.78, 5) is 35.0. The van der Waals surface area contributed by atoms with E-state index >= 15 is 0 Å². The average molecular weight is 615 g/mol. The van der Waals surface area contributed by atoms with Gasteiger partial charge < -0.3 is 15.2 Å². The Morgan fingerprint density at radius 3 is 2.82 bits per heavy atom. The van der Waals surface area contributed by atoms with Crippen LogP contribution in [-0.4, -0.2) is 64.4 Å². The van der Waals surface area contributed by atoms with E-state index in [-0.39, 0.29) is 44.4 Å². The molecule has 1 aromatic heterocycles. The minimum atomic E-state index is -2.97. The maximum absolute atomic E-state index is 14.5. The van der Waals surface area contributed by atoms with Gasteiger partial charge in [-0.15, -0.1) is 11.3 Å². The zero-order chi connectivity index (χ0) is 27.4. The van der Waals surface area contributed by atoms with Gasteiger partial charge in [-0.2, -0.15) is 0 Å². The Labute approximate surface area is 229 Å². The second-order valence-corrected chi connectivity index (χ2v) is 10.8. The highest BCUT2D eigenvalue weighted by molar-refractivity contribution is 9.10. The minimum Gasteiger partial charge on any atom is -0.481 e. The molecular formula is C25H26BrF3N4O4S. The Bertz CT molecular complexity index is 1260. The Kier molecular flexibility index (Phi) is 8.89. The van der Waals surface area contributed by atoms with E-state index in [1.54, 1.807) is 18.5 Å². The summed E-state index contributed by atoms with van der Waals surface area (Å²) in [5.41, 5.74) is 0.877. The molecule has 0 amide bonds. The number of amidine groups is 1. The standard InChI is InChI=1S/C25H26BrF3N4O4S/c1-2-37-24(36)20-18(12-33-13-25(28,29)8-7-15(33)4-6-19(34)35)31-22(23-30-9-10-38-23)32-21(20)16-5-3-14(27)11-17(16)26/h3,5,9-11,15,21H,2,4,6-8,12-13H2,1H3,(H,31,32)(H,34,35)/t15-,21-/m0/s1. The molecule has 4 rings (SSSR count). The lowest BCUT2D eigenvalue weighted by Crippen LogP contribution is -2.51. The number of aromatic nitrogens is 1. The van der Waals surface area contributed by atoms with Crippen LogP contribution in [0.25, 0.3) is 0 Å². The number of ether oxygens (including phenoxy) is 1. The number of halogens is 4. The second-order valence-electron chi connectivity index (χ2n) is 9.01. The number of carboxylic acids is 1. The third-order valence-corrected chi connectivity index (χ3v) is 7.83. The maximum Gasteiger partial charge on any atom is 0.338 e. The van der Waals surface area contributed by atoms with Crippen LogP contribution in [0, 0.1) is 5.82 Å². The summed E-state index contributed by atoms with van der Waals surface area (Å²) >= 11 is 4.66. The van der Waals surface area contributed by atoms with Crippen LogP contribution in [0.5, 0.6) is 0 Å². The number of alkyl halides is 2. The monoisotopic (exact) mass is 614 g/mol. The van der Waals surface area contributed by atoms with Gasteiger partial charge in [-0.1, -0.05) is 22.0 Å². The van der Waals surface area contributed by atoms with Crippen molar-refractivity contribution in [3.05, 3.63) is 61.9 Å². The number of nitrogens with zero attached hydrogens (tertiary/aromatic N) is 3. The van der Waals surface area contributed by atoms with Crippen LogP contribution in [-0.2, 0) is 14.3 Å².